The number of nitrogens with zero attached hydrogens (tertiary/aromatic N) is 2. The number of benzene rings is 2. The van der Waals surface area contributed by atoms with Gasteiger partial charge >= 0.3 is 5.97 Å². The number of aryl methyl sites for hydroxylation is 1. The van der Waals surface area contributed by atoms with Crippen molar-refractivity contribution in [3.8, 4) is 0 Å². The maximum absolute atomic E-state index is 13.7. The zero-order valence-corrected chi connectivity index (χ0v) is 19.2. The molecule has 7 nitrogen and oxygen atoms in total. The molecule has 1 aliphatic heterocycles. The minimum absolute atomic E-state index is 0.116. The van der Waals surface area contributed by atoms with Crippen molar-refractivity contribution >= 4 is 22.6 Å². The highest BCUT2D eigenvalue weighted by Crippen LogP contribution is 2.34. The Morgan fingerprint density at radius 3 is 2.61 bits per heavy atom. The van der Waals surface area contributed by atoms with E-state index in [4.69, 9.17) is 9.72 Å². The molecule has 2 N–H and O–H groups in total. The number of aromatic carboxylic acids is 1. The molecule has 0 unspecified atom stereocenters. The van der Waals surface area contributed by atoms with Crippen LogP contribution in [0, 0.1) is 12.7 Å². The summed E-state index contributed by atoms with van der Waals surface area (Å²) in [6, 6.07) is 7.42. The highest BCUT2D eigenvalue weighted by molar-refractivity contribution is 5.94. The number of aromatic nitrogens is 2. The van der Waals surface area contributed by atoms with E-state index in [2.05, 4.69) is 5.32 Å². The zero-order chi connectivity index (χ0) is 23.9. The molecule has 0 saturated carbocycles. The first-order valence-electron chi connectivity index (χ1n) is 11.0. The Morgan fingerprint density at radius 1 is 1.24 bits per heavy atom. The average molecular weight is 454 g/mol. The van der Waals surface area contributed by atoms with Crippen molar-refractivity contribution < 1.29 is 19.0 Å². The van der Waals surface area contributed by atoms with Gasteiger partial charge in [0, 0.05) is 37.4 Å². The van der Waals surface area contributed by atoms with Gasteiger partial charge in [0.25, 0.3) is 5.56 Å². The highest BCUT2D eigenvalue weighted by atomic mass is 19.1. The van der Waals surface area contributed by atoms with Crippen LogP contribution in [0.15, 0.2) is 35.1 Å². The van der Waals surface area contributed by atoms with Crippen molar-refractivity contribution in [3.05, 3.63) is 69.0 Å². The fourth-order valence-electron chi connectivity index (χ4n) is 4.54. The van der Waals surface area contributed by atoms with Gasteiger partial charge in [-0.3, -0.25) is 9.36 Å². The number of fused-ring (bicyclic) bond motifs is 1. The molecule has 0 aliphatic carbocycles. The van der Waals surface area contributed by atoms with Crippen LogP contribution in [0.25, 0.3) is 10.9 Å². The molecule has 1 fully saturated rings. The molecule has 4 rings (SSSR count). The summed E-state index contributed by atoms with van der Waals surface area (Å²) in [7, 11) is 1.75. The first-order chi connectivity index (χ1) is 15.6. The van der Waals surface area contributed by atoms with Crippen LogP contribution in [-0.4, -0.2) is 33.8 Å². The third kappa shape index (κ3) is 4.35. The monoisotopic (exact) mass is 453 g/mol. The standard InChI is InChI=1S/C25H28FN3O4/c1-14-11-18-21(27-22(29(4)23(18)30)15-7-9-33-10-8-15)19(12-14)25(2,3)28-20-6-5-16(26)13-17(20)24(31)32/h5-6,11-13,15,28H,7-10H2,1-4H3,(H,31,32). The Bertz CT molecular complexity index is 1290. The molecule has 0 bridgehead atoms. The molecule has 1 aliphatic rings. The minimum atomic E-state index is -1.23. The number of anilines is 1. The van der Waals surface area contributed by atoms with Crippen LogP contribution < -0.4 is 10.9 Å². The predicted molar refractivity (Wildman–Crippen MR) is 125 cm³/mol. The molecular weight excluding hydrogens is 425 g/mol. The lowest BCUT2D eigenvalue weighted by molar-refractivity contribution is 0.0697. The van der Waals surface area contributed by atoms with Crippen molar-refractivity contribution in [2.24, 2.45) is 7.05 Å². The van der Waals surface area contributed by atoms with E-state index in [0.717, 1.165) is 35.9 Å². The molecule has 174 valence electrons. The van der Waals surface area contributed by atoms with Gasteiger partial charge < -0.3 is 15.2 Å². The molecule has 1 aromatic heterocycles. The second-order valence-electron chi connectivity index (χ2n) is 9.17. The maximum Gasteiger partial charge on any atom is 0.337 e. The highest BCUT2D eigenvalue weighted by Gasteiger charge is 2.29. The van der Waals surface area contributed by atoms with Gasteiger partial charge in [0.2, 0.25) is 0 Å². The first-order valence-corrected chi connectivity index (χ1v) is 11.0. The van der Waals surface area contributed by atoms with E-state index in [1.807, 2.05) is 32.9 Å². The van der Waals surface area contributed by atoms with E-state index in [1.54, 1.807) is 11.6 Å². The van der Waals surface area contributed by atoms with Crippen molar-refractivity contribution in [1.29, 1.82) is 0 Å². The molecule has 0 atom stereocenters. The van der Waals surface area contributed by atoms with E-state index in [0.29, 0.717) is 24.1 Å². The summed E-state index contributed by atoms with van der Waals surface area (Å²) in [6.45, 7) is 6.96. The van der Waals surface area contributed by atoms with Crippen LogP contribution in [0.4, 0.5) is 10.1 Å². The number of hydrogen-bond acceptors (Lipinski definition) is 5. The van der Waals surface area contributed by atoms with Crippen molar-refractivity contribution in [2.75, 3.05) is 18.5 Å². The molecule has 1 saturated heterocycles. The molecule has 0 radical (unpaired) electrons. The van der Waals surface area contributed by atoms with Crippen LogP contribution in [0.3, 0.4) is 0 Å². The van der Waals surface area contributed by atoms with Crippen LogP contribution in [0.2, 0.25) is 0 Å². The number of carboxylic acids is 1. The lowest BCUT2D eigenvalue weighted by Crippen LogP contribution is -2.32. The van der Waals surface area contributed by atoms with Gasteiger partial charge in [-0.15, -0.1) is 0 Å². The van der Waals surface area contributed by atoms with E-state index in [1.165, 1.54) is 12.1 Å². The number of nitrogens with one attached hydrogen (secondary N) is 1. The number of hydrogen-bond donors (Lipinski definition) is 2. The predicted octanol–water partition coefficient (Wildman–Crippen LogP) is 4.32. The van der Waals surface area contributed by atoms with Crippen molar-refractivity contribution in [1.82, 2.24) is 9.55 Å². The molecular formula is C25H28FN3O4. The van der Waals surface area contributed by atoms with Crippen LogP contribution in [0.5, 0.6) is 0 Å². The molecule has 0 spiro atoms. The third-order valence-corrected chi connectivity index (χ3v) is 6.28. The quantitative estimate of drug-likeness (QED) is 0.598. The smallest absolute Gasteiger partial charge is 0.337 e. The molecule has 8 heteroatoms. The Morgan fingerprint density at radius 2 is 1.94 bits per heavy atom. The summed E-state index contributed by atoms with van der Waals surface area (Å²) in [6.07, 6.45) is 1.60. The Kier molecular flexibility index (Phi) is 5.97. The number of rotatable bonds is 5. The molecule has 0 amide bonds. The van der Waals surface area contributed by atoms with Crippen LogP contribution in [-0.2, 0) is 17.3 Å². The third-order valence-electron chi connectivity index (χ3n) is 6.28. The Labute approximate surface area is 191 Å². The van der Waals surface area contributed by atoms with Gasteiger partial charge in [0.15, 0.2) is 0 Å². The summed E-state index contributed by atoms with van der Waals surface area (Å²) >= 11 is 0. The van der Waals surface area contributed by atoms with Crippen LogP contribution >= 0.6 is 0 Å². The average Bonchev–Trinajstić information content (AvgIpc) is 2.77. The number of carbonyl (C=O) groups is 1. The van der Waals surface area contributed by atoms with Crippen LogP contribution in [0.1, 0.15) is 59.9 Å². The normalized spacial score (nSPS) is 15.1. The number of ether oxygens (including phenoxy) is 1. The van der Waals surface area contributed by atoms with Gasteiger partial charge in [0.05, 0.1) is 22.0 Å². The SMILES string of the molecule is Cc1cc(C(C)(C)Nc2ccc(F)cc2C(=O)O)c2nc(C3CCOCC3)n(C)c(=O)c2c1. The van der Waals surface area contributed by atoms with Gasteiger partial charge in [-0.2, -0.15) is 0 Å². The second kappa shape index (κ2) is 8.59. The largest absolute Gasteiger partial charge is 0.478 e. The molecule has 33 heavy (non-hydrogen) atoms. The first kappa shape index (κ1) is 22.9. The number of carboxylic acid groups (broad SMARTS) is 1. The van der Waals surface area contributed by atoms with E-state index in [9.17, 15) is 19.1 Å². The molecule has 2 heterocycles. The van der Waals surface area contributed by atoms with Gasteiger partial charge in [-0.25, -0.2) is 14.2 Å². The minimum Gasteiger partial charge on any atom is -0.478 e. The maximum atomic E-state index is 13.7. The van der Waals surface area contributed by atoms with Gasteiger partial charge in [-0.1, -0.05) is 6.07 Å². The summed E-state index contributed by atoms with van der Waals surface area (Å²) in [5.74, 6) is -0.995. The Hall–Kier alpha value is -3.26. The summed E-state index contributed by atoms with van der Waals surface area (Å²) in [5.41, 5.74) is 1.45. The molecule has 2 aromatic carbocycles. The van der Waals surface area contributed by atoms with Crippen molar-refractivity contribution in [3.63, 3.8) is 0 Å². The fraction of sp³-hybridized carbons (Fsp3) is 0.400. The van der Waals surface area contributed by atoms with Gasteiger partial charge in [-0.05, 0) is 63.4 Å². The van der Waals surface area contributed by atoms with E-state index >= 15 is 0 Å². The zero-order valence-electron chi connectivity index (χ0n) is 19.2. The second-order valence-corrected chi connectivity index (χ2v) is 9.17. The Balaban J connectivity index is 1.88. The van der Waals surface area contributed by atoms with Crippen molar-refractivity contribution in [2.45, 2.75) is 45.1 Å². The summed E-state index contributed by atoms with van der Waals surface area (Å²) < 4.78 is 20.8. The number of halogens is 1. The summed E-state index contributed by atoms with van der Waals surface area (Å²) in [5, 5.41) is 13.3. The van der Waals surface area contributed by atoms with E-state index < -0.39 is 17.3 Å². The fourth-order valence-corrected chi connectivity index (χ4v) is 4.54. The molecule has 3 aromatic rings. The summed E-state index contributed by atoms with van der Waals surface area (Å²) in [4.78, 5) is 30.0. The van der Waals surface area contributed by atoms with E-state index in [-0.39, 0.29) is 22.7 Å². The lowest BCUT2D eigenvalue weighted by atomic mass is 9.89. The topological polar surface area (TPSA) is 93.4 Å². The lowest BCUT2D eigenvalue weighted by Gasteiger charge is -2.31. The van der Waals surface area contributed by atoms with Gasteiger partial charge in [0.1, 0.15) is 11.6 Å².